The number of thiazole rings is 1. The molecule has 106 valence electrons. The first-order valence-corrected chi connectivity index (χ1v) is 7.76. The first-order chi connectivity index (χ1) is 10.3. The van der Waals surface area contributed by atoms with Crippen molar-refractivity contribution in [1.82, 2.24) is 14.9 Å². The minimum atomic E-state index is 0.845. The second-order valence-electron chi connectivity index (χ2n) is 5.04. The highest BCUT2D eigenvalue weighted by Gasteiger charge is 2.07. The lowest BCUT2D eigenvalue weighted by atomic mass is 10.2. The first kappa shape index (κ1) is 13.9. The zero-order valence-electron chi connectivity index (χ0n) is 11.9. The standard InChI is InChI=1S/C17H17N3S/c1-20(11-14-6-5-9-18-10-14)12-16-13-21-17(19-16)15-7-3-2-4-8-15/h2-10,13H,11-12H2,1H3. The number of hydrogen-bond donors (Lipinski definition) is 0. The van der Waals surface area contributed by atoms with Crippen molar-refractivity contribution in [3.8, 4) is 10.6 Å². The van der Waals surface area contributed by atoms with Gasteiger partial charge in [-0.15, -0.1) is 11.3 Å². The minimum Gasteiger partial charge on any atom is -0.296 e. The zero-order valence-corrected chi connectivity index (χ0v) is 12.8. The molecule has 3 rings (SSSR count). The Bertz CT molecular complexity index is 680. The lowest BCUT2D eigenvalue weighted by Gasteiger charge is -2.14. The van der Waals surface area contributed by atoms with Gasteiger partial charge in [-0.3, -0.25) is 9.88 Å². The van der Waals surface area contributed by atoms with Crippen molar-refractivity contribution in [3.63, 3.8) is 0 Å². The fraction of sp³-hybridized carbons (Fsp3) is 0.176. The van der Waals surface area contributed by atoms with Gasteiger partial charge in [-0.2, -0.15) is 0 Å². The van der Waals surface area contributed by atoms with E-state index >= 15 is 0 Å². The fourth-order valence-electron chi connectivity index (χ4n) is 2.23. The molecule has 0 fully saturated rings. The molecule has 4 heteroatoms. The van der Waals surface area contributed by atoms with Crippen molar-refractivity contribution in [1.29, 1.82) is 0 Å². The molecule has 0 unspecified atom stereocenters. The largest absolute Gasteiger partial charge is 0.296 e. The molecule has 0 aliphatic heterocycles. The molecule has 0 radical (unpaired) electrons. The maximum Gasteiger partial charge on any atom is 0.123 e. The van der Waals surface area contributed by atoms with E-state index in [1.807, 2.05) is 30.5 Å². The van der Waals surface area contributed by atoms with Crippen molar-refractivity contribution in [2.45, 2.75) is 13.1 Å². The molecular weight excluding hydrogens is 278 g/mol. The highest BCUT2D eigenvalue weighted by atomic mass is 32.1. The highest BCUT2D eigenvalue weighted by Crippen LogP contribution is 2.23. The summed E-state index contributed by atoms with van der Waals surface area (Å²) in [6, 6.07) is 14.4. The maximum absolute atomic E-state index is 4.72. The monoisotopic (exact) mass is 295 g/mol. The smallest absolute Gasteiger partial charge is 0.123 e. The first-order valence-electron chi connectivity index (χ1n) is 6.88. The van der Waals surface area contributed by atoms with Gasteiger partial charge in [-0.25, -0.2) is 4.98 Å². The average molecular weight is 295 g/mol. The summed E-state index contributed by atoms with van der Waals surface area (Å²) in [7, 11) is 2.11. The van der Waals surface area contributed by atoms with Gasteiger partial charge in [0.1, 0.15) is 5.01 Å². The van der Waals surface area contributed by atoms with E-state index in [2.05, 4.69) is 40.5 Å². The molecular formula is C17H17N3S. The van der Waals surface area contributed by atoms with Crippen LogP contribution in [0.25, 0.3) is 10.6 Å². The van der Waals surface area contributed by atoms with Crippen LogP contribution in [0, 0.1) is 0 Å². The van der Waals surface area contributed by atoms with Gasteiger partial charge >= 0.3 is 0 Å². The van der Waals surface area contributed by atoms with Crippen LogP contribution in [0.3, 0.4) is 0 Å². The molecule has 0 spiro atoms. The Morgan fingerprint density at radius 3 is 2.67 bits per heavy atom. The lowest BCUT2D eigenvalue weighted by molar-refractivity contribution is 0.315. The summed E-state index contributed by atoms with van der Waals surface area (Å²) >= 11 is 1.70. The van der Waals surface area contributed by atoms with Crippen LogP contribution in [0.2, 0.25) is 0 Å². The van der Waals surface area contributed by atoms with Crippen LogP contribution in [0.1, 0.15) is 11.3 Å². The molecule has 0 bridgehead atoms. The minimum absolute atomic E-state index is 0.845. The Hall–Kier alpha value is -2.04. The van der Waals surface area contributed by atoms with E-state index in [0.29, 0.717) is 0 Å². The van der Waals surface area contributed by atoms with Crippen LogP contribution < -0.4 is 0 Å². The predicted octanol–water partition coefficient (Wildman–Crippen LogP) is 3.84. The van der Waals surface area contributed by atoms with Crippen molar-refractivity contribution < 1.29 is 0 Å². The number of hydrogen-bond acceptors (Lipinski definition) is 4. The molecule has 3 nitrogen and oxygen atoms in total. The third kappa shape index (κ3) is 3.74. The van der Waals surface area contributed by atoms with Crippen molar-refractivity contribution in [3.05, 3.63) is 71.5 Å². The molecule has 2 heterocycles. The maximum atomic E-state index is 4.72. The Morgan fingerprint density at radius 2 is 1.90 bits per heavy atom. The van der Waals surface area contributed by atoms with Crippen LogP contribution in [-0.2, 0) is 13.1 Å². The molecule has 0 aliphatic rings. The number of nitrogens with zero attached hydrogens (tertiary/aromatic N) is 3. The lowest BCUT2D eigenvalue weighted by Crippen LogP contribution is -2.17. The van der Waals surface area contributed by atoms with Crippen LogP contribution in [0.15, 0.2) is 60.2 Å². The van der Waals surface area contributed by atoms with Crippen LogP contribution in [-0.4, -0.2) is 21.9 Å². The molecule has 1 aromatic carbocycles. The molecule has 21 heavy (non-hydrogen) atoms. The van der Waals surface area contributed by atoms with E-state index in [0.717, 1.165) is 23.8 Å². The van der Waals surface area contributed by atoms with Gasteiger partial charge in [0.25, 0.3) is 0 Å². The summed E-state index contributed by atoms with van der Waals surface area (Å²) in [5, 5.41) is 3.22. The summed E-state index contributed by atoms with van der Waals surface area (Å²) in [5.74, 6) is 0. The van der Waals surface area contributed by atoms with Crippen LogP contribution in [0.5, 0.6) is 0 Å². The van der Waals surface area contributed by atoms with Gasteiger partial charge in [0, 0.05) is 36.4 Å². The molecule has 2 aromatic heterocycles. The normalized spacial score (nSPS) is 11.0. The summed E-state index contributed by atoms with van der Waals surface area (Å²) in [4.78, 5) is 11.1. The summed E-state index contributed by atoms with van der Waals surface area (Å²) in [6.07, 6.45) is 3.71. The van der Waals surface area contributed by atoms with Crippen LogP contribution >= 0.6 is 11.3 Å². The molecule has 3 aromatic rings. The predicted molar refractivity (Wildman–Crippen MR) is 87.0 cm³/mol. The highest BCUT2D eigenvalue weighted by molar-refractivity contribution is 7.13. The van der Waals surface area contributed by atoms with E-state index in [-0.39, 0.29) is 0 Å². The third-order valence-electron chi connectivity index (χ3n) is 3.18. The Balaban J connectivity index is 1.65. The van der Waals surface area contributed by atoms with Crippen molar-refractivity contribution in [2.24, 2.45) is 0 Å². The number of aromatic nitrogens is 2. The summed E-state index contributed by atoms with van der Waals surface area (Å²) < 4.78 is 0. The Labute approximate surface area is 128 Å². The summed E-state index contributed by atoms with van der Waals surface area (Å²) in [5.41, 5.74) is 3.52. The Kier molecular flexibility index (Phi) is 4.38. The molecule has 0 amide bonds. The molecule has 0 saturated carbocycles. The second-order valence-corrected chi connectivity index (χ2v) is 5.90. The topological polar surface area (TPSA) is 29.0 Å². The Morgan fingerprint density at radius 1 is 1.05 bits per heavy atom. The SMILES string of the molecule is CN(Cc1cccnc1)Cc1csc(-c2ccccc2)n1. The van der Waals surface area contributed by atoms with Gasteiger partial charge in [-0.1, -0.05) is 36.4 Å². The zero-order chi connectivity index (χ0) is 14.5. The fourth-order valence-corrected chi connectivity index (χ4v) is 3.05. The average Bonchev–Trinajstić information content (AvgIpc) is 2.97. The number of benzene rings is 1. The van der Waals surface area contributed by atoms with Gasteiger partial charge in [0.2, 0.25) is 0 Å². The van der Waals surface area contributed by atoms with Gasteiger partial charge in [0.05, 0.1) is 5.69 Å². The number of pyridine rings is 1. The van der Waals surface area contributed by atoms with Crippen LogP contribution in [0.4, 0.5) is 0 Å². The van der Waals surface area contributed by atoms with Gasteiger partial charge in [0.15, 0.2) is 0 Å². The molecule has 0 N–H and O–H groups in total. The van der Waals surface area contributed by atoms with E-state index in [1.54, 1.807) is 17.5 Å². The molecule has 0 saturated heterocycles. The second kappa shape index (κ2) is 6.61. The van der Waals surface area contributed by atoms with Crippen molar-refractivity contribution in [2.75, 3.05) is 7.05 Å². The van der Waals surface area contributed by atoms with E-state index in [9.17, 15) is 0 Å². The molecule has 0 aliphatic carbocycles. The van der Waals surface area contributed by atoms with Crippen molar-refractivity contribution >= 4 is 11.3 Å². The van der Waals surface area contributed by atoms with E-state index in [1.165, 1.54) is 11.1 Å². The van der Waals surface area contributed by atoms with E-state index in [4.69, 9.17) is 4.98 Å². The van der Waals surface area contributed by atoms with Gasteiger partial charge < -0.3 is 0 Å². The summed E-state index contributed by atoms with van der Waals surface area (Å²) in [6.45, 7) is 1.73. The number of rotatable bonds is 5. The molecule has 0 atom stereocenters. The van der Waals surface area contributed by atoms with Gasteiger partial charge in [-0.05, 0) is 18.7 Å². The van der Waals surface area contributed by atoms with E-state index < -0.39 is 0 Å². The quantitative estimate of drug-likeness (QED) is 0.716. The third-order valence-corrected chi connectivity index (χ3v) is 4.12.